The molecule has 1 saturated heterocycles. The molecule has 0 bridgehead atoms. The van der Waals surface area contributed by atoms with Crippen molar-refractivity contribution in [3.8, 4) is 0 Å². The summed E-state index contributed by atoms with van der Waals surface area (Å²) in [5.74, 6) is -0.384. The highest BCUT2D eigenvalue weighted by Gasteiger charge is 2.48. The van der Waals surface area contributed by atoms with E-state index in [1.807, 2.05) is 0 Å². The predicted molar refractivity (Wildman–Crippen MR) is 57.7 cm³/mol. The minimum atomic E-state index is -1.50. The molecular formula is C11H16O7. The van der Waals surface area contributed by atoms with Gasteiger partial charge in [-0.2, -0.15) is 0 Å². The van der Waals surface area contributed by atoms with Gasteiger partial charge in [-0.3, -0.25) is 4.79 Å². The molecule has 6 atom stereocenters. The molecule has 0 amide bonds. The summed E-state index contributed by atoms with van der Waals surface area (Å²) in [5.41, 5.74) is 0. The van der Waals surface area contributed by atoms with Crippen molar-refractivity contribution in [2.24, 2.45) is 0 Å². The van der Waals surface area contributed by atoms with Crippen molar-refractivity contribution < 1.29 is 34.7 Å². The Bertz CT molecular complexity index is 340. The zero-order chi connectivity index (χ0) is 13.3. The fraction of sp³-hybridized carbons (Fsp3) is 0.727. The van der Waals surface area contributed by atoms with Gasteiger partial charge in [-0.25, -0.2) is 0 Å². The lowest BCUT2D eigenvalue weighted by Crippen LogP contribution is -2.63. The molecule has 7 nitrogen and oxygen atoms in total. The van der Waals surface area contributed by atoms with Crippen LogP contribution in [0.2, 0.25) is 0 Å². The van der Waals surface area contributed by atoms with Gasteiger partial charge in [0.15, 0.2) is 5.78 Å². The first kappa shape index (κ1) is 13.6. The van der Waals surface area contributed by atoms with Crippen LogP contribution >= 0.6 is 0 Å². The number of aliphatic hydroxyl groups excluding tert-OH is 4. The highest BCUT2D eigenvalue weighted by atomic mass is 16.6. The van der Waals surface area contributed by atoms with Crippen LogP contribution in [-0.2, 0) is 14.3 Å². The molecule has 2 aliphatic rings. The smallest absolute Gasteiger partial charge is 0.186 e. The second-order valence-corrected chi connectivity index (χ2v) is 4.35. The molecule has 0 saturated carbocycles. The number of carbonyl (C=O) groups is 1. The Morgan fingerprint density at radius 1 is 1.22 bits per heavy atom. The number of rotatable bonds is 2. The average Bonchev–Trinajstić information content (AvgIpc) is 2.38. The summed E-state index contributed by atoms with van der Waals surface area (Å²) < 4.78 is 10.4. The molecule has 102 valence electrons. The van der Waals surface area contributed by atoms with Crippen molar-refractivity contribution in [1.82, 2.24) is 0 Å². The number of hydrogen-bond acceptors (Lipinski definition) is 7. The van der Waals surface area contributed by atoms with Crippen LogP contribution < -0.4 is 0 Å². The van der Waals surface area contributed by atoms with Gasteiger partial charge in [0.05, 0.1) is 13.2 Å². The minimum absolute atomic E-state index is 0.200. The number of carbonyl (C=O) groups excluding carboxylic acids is 1. The zero-order valence-corrected chi connectivity index (χ0v) is 9.55. The Kier molecular flexibility index (Phi) is 4.10. The van der Waals surface area contributed by atoms with E-state index in [0.717, 1.165) is 0 Å². The third-order valence-electron chi connectivity index (χ3n) is 3.16. The summed E-state index contributed by atoms with van der Waals surface area (Å²) >= 11 is 0. The Morgan fingerprint density at radius 2 is 1.94 bits per heavy atom. The largest absolute Gasteiger partial charge is 0.394 e. The summed E-state index contributed by atoms with van der Waals surface area (Å²) in [4.78, 5) is 11.6. The lowest BCUT2D eigenvalue weighted by atomic mass is 9.90. The first-order valence-electron chi connectivity index (χ1n) is 5.68. The van der Waals surface area contributed by atoms with E-state index >= 15 is 0 Å². The second kappa shape index (κ2) is 5.43. The molecule has 2 heterocycles. The fourth-order valence-electron chi connectivity index (χ4n) is 2.14. The van der Waals surface area contributed by atoms with E-state index in [-0.39, 0.29) is 12.4 Å². The lowest BCUT2D eigenvalue weighted by Gasteiger charge is -2.42. The van der Waals surface area contributed by atoms with Crippen LogP contribution in [0.25, 0.3) is 0 Å². The molecule has 7 heteroatoms. The molecule has 0 aromatic rings. The summed E-state index contributed by atoms with van der Waals surface area (Å²) in [7, 11) is 0. The average molecular weight is 260 g/mol. The first-order valence-corrected chi connectivity index (χ1v) is 5.68. The molecule has 0 radical (unpaired) electrons. The summed E-state index contributed by atoms with van der Waals surface area (Å²) in [6.07, 6.45) is -4.73. The van der Waals surface area contributed by atoms with Gasteiger partial charge in [0.2, 0.25) is 0 Å². The zero-order valence-electron chi connectivity index (χ0n) is 9.55. The van der Waals surface area contributed by atoms with Crippen molar-refractivity contribution >= 4 is 5.78 Å². The quantitative estimate of drug-likeness (QED) is 0.428. The van der Waals surface area contributed by atoms with Crippen LogP contribution in [0.3, 0.4) is 0 Å². The molecule has 2 rings (SSSR count). The van der Waals surface area contributed by atoms with Gasteiger partial charge >= 0.3 is 0 Å². The maximum absolute atomic E-state index is 11.6. The van der Waals surface area contributed by atoms with Crippen LogP contribution in [0, 0.1) is 0 Å². The summed E-state index contributed by atoms with van der Waals surface area (Å²) in [6.45, 7) is -0.330. The Labute approximate surface area is 103 Å². The molecule has 0 aliphatic carbocycles. The van der Waals surface area contributed by atoms with Gasteiger partial charge in [0.1, 0.15) is 36.6 Å². The molecule has 1 fully saturated rings. The molecule has 0 aromatic carbocycles. The normalized spacial score (nSPS) is 45.2. The SMILES string of the molecule is O=C1C=CCOC1C1O[C@H](CO)[C@H](O)[C@H](O)[C@H]1O. The van der Waals surface area contributed by atoms with E-state index in [1.54, 1.807) is 0 Å². The fourth-order valence-corrected chi connectivity index (χ4v) is 2.14. The van der Waals surface area contributed by atoms with Crippen molar-refractivity contribution in [2.45, 2.75) is 36.6 Å². The van der Waals surface area contributed by atoms with Crippen molar-refractivity contribution in [2.75, 3.05) is 13.2 Å². The topological polar surface area (TPSA) is 116 Å². The minimum Gasteiger partial charge on any atom is -0.394 e. The van der Waals surface area contributed by atoms with Crippen molar-refractivity contribution in [1.29, 1.82) is 0 Å². The number of hydrogen-bond donors (Lipinski definition) is 4. The molecule has 2 unspecified atom stereocenters. The van der Waals surface area contributed by atoms with Crippen LogP contribution in [0.15, 0.2) is 12.2 Å². The third kappa shape index (κ3) is 2.33. The van der Waals surface area contributed by atoms with E-state index in [2.05, 4.69) is 0 Å². The second-order valence-electron chi connectivity index (χ2n) is 4.35. The molecule has 18 heavy (non-hydrogen) atoms. The van der Waals surface area contributed by atoms with Gasteiger partial charge in [0.25, 0.3) is 0 Å². The van der Waals surface area contributed by atoms with Crippen molar-refractivity contribution in [3.05, 3.63) is 12.2 Å². The predicted octanol–water partition coefficient (Wildman–Crippen LogP) is -2.65. The monoisotopic (exact) mass is 260 g/mol. The van der Waals surface area contributed by atoms with E-state index < -0.39 is 43.2 Å². The lowest BCUT2D eigenvalue weighted by molar-refractivity contribution is -0.250. The van der Waals surface area contributed by atoms with E-state index in [1.165, 1.54) is 12.2 Å². The number of ketones is 1. The standard InChI is InChI=1S/C11H16O7/c12-4-6-7(14)8(15)9(16)11(18-6)10-5(13)2-1-3-17-10/h1-2,6-12,14-16H,3-4H2/t6-,7+,8+,9-,10?,11?/m1/s1. The highest BCUT2D eigenvalue weighted by molar-refractivity contribution is 5.94. The molecule has 0 aromatic heterocycles. The highest BCUT2D eigenvalue weighted by Crippen LogP contribution is 2.25. The molecule has 0 spiro atoms. The third-order valence-corrected chi connectivity index (χ3v) is 3.16. The summed E-state index contributed by atoms with van der Waals surface area (Å²) in [5, 5.41) is 38.1. The van der Waals surface area contributed by atoms with E-state index in [9.17, 15) is 20.1 Å². The molecular weight excluding hydrogens is 244 g/mol. The molecule has 4 N–H and O–H groups in total. The first-order chi connectivity index (χ1) is 8.56. The Morgan fingerprint density at radius 3 is 2.56 bits per heavy atom. The van der Waals surface area contributed by atoms with Gasteiger partial charge < -0.3 is 29.9 Å². The van der Waals surface area contributed by atoms with Crippen LogP contribution in [0.1, 0.15) is 0 Å². The number of aliphatic hydroxyl groups is 4. The van der Waals surface area contributed by atoms with E-state index in [4.69, 9.17) is 14.6 Å². The maximum Gasteiger partial charge on any atom is 0.186 e. The van der Waals surface area contributed by atoms with Crippen molar-refractivity contribution in [3.63, 3.8) is 0 Å². The summed E-state index contributed by atoms with van der Waals surface area (Å²) in [6, 6.07) is 0. The Hall–Kier alpha value is -0.830. The maximum atomic E-state index is 11.6. The van der Waals surface area contributed by atoms with Gasteiger partial charge in [-0.05, 0) is 6.08 Å². The number of ether oxygens (including phenoxy) is 2. The Balaban J connectivity index is 2.16. The van der Waals surface area contributed by atoms with Crippen LogP contribution in [0.4, 0.5) is 0 Å². The van der Waals surface area contributed by atoms with Gasteiger partial charge in [-0.15, -0.1) is 0 Å². The van der Waals surface area contributed by atoms with Crippen LogP contribution in [-0.4, -0.2) is 76.0 Å². The van der Waals surface area contributed by atoms with E-state index in [0.29, 0.717) is 0 Å². The van der Waals surface area contributed by atoms with Gasteiger partial charge in [-0.1, -0.05) is 6.08 Å². The molecule has 2 aliphatic heterocycles. The van der Waals surface area contributed by atoms with Gasteiger partial charge in [0, 0.05) is 0 Å². The van der Waals surface area contributed by atoms with Crippen LogP contribution in [0.5, 0.6) is 0 Å².